The van der Waals surface area contributed by atoms with Crippen LogP contribution < -0.4 is 5.73 Å². The lowest BCUT2D eigenvalue weighted by molar-refractivity contribution is -0.120. The minimum atomic E-state index is -0.651. The van der Waals surface area contributed by atoms with E-state index in [0.717, 1.165) is 19.3 Å². The summed E-state index contributed by atoms with van der Waals surface area (Å²) >= 11 is 0. The lowest BCUT2D eigenvalue weighted by Crippen LogP contribution is -2.25. The lowest BCUT2D eigenvalue weighted by Gasteiger charge is -2.16. The van der Waals surface area contributed by atoms with Crippen LogP contribution >= 0.6 is 0 Å². The maximum absolute atomic E-state index is 10.6. The number of oxazole rings is 1. The number of amides is 1. The van der Waals surface area contributed by atoms with Gasteiger partial charge in [-0.25, -0.2) is 4.98 Å². The van der Waals surface area contributed by atoms with Gasteiger partial charge < -0.3 is 15.3 Å². The maximum Gasteiger partial charge on any atom is 0.220 e. The van der Waals surface area contributed by atoms with Gasteiger partial charge in [-0.2, -0.15) is 0 Å². The van der Waals surface area contributed by atoms with Crippen LogP contribution in [0.4, 0.5) is 0 Å². The van der Waals surface area contributed by atoms with E-state index >= 15 is 0 Å². The summed E-state index contributed by atoms with van der Waals surface area (Å²) in [4.78, 5) is 14.6. The quantitative estimate of drug-likeness (QED) is 0.722. The highest BCUT2D eigenvalue weighted by atomic mass is 16.3. The molecule has 0 radical (unpaired) electrons. The van der Waals surface area contributed by atoms with E-state index in [0.29, 0.717) is 5.89 Å². The molecule has 0 aliphatic carbocycles. The molecule has 3 N–H and O–H groups in total. The number of hydrogen-bond acceptors (Lipinski definition) is 4. The predicted octanol–water partition coefficient (Wildman–Crippen LogP) is 0.870. The summed E-state index contributed by atoms with van der Waals surface area (Å²) in [5.41, 5.74) is 5.01. The Kier molecular flexibility index (Phi) is 4.98. The molecule has 0 saturated carbocycles. The van der Waals surface area contributed by atoms with E-state index in [1.807, 2.05) is 6.92 Å². The number of nitrogens with zero attached hydrogens (tertiary/aromatic N) is 1. The van der Waals surface area contributed by atoms with Gasteiger partial charge in [0.25, 0.3) is 0 Å². The van der Waals surface area contributed by atoms with Crippen molar-refractivity contribution in [1.29, 1.82) is 0 Å². The molecule has 2 atom stereocenters. The minimum absolute atomic E-state index is 0.0279. The number of rotatable bonds is 7. The molecule has 0 bridgehead atoms. The number of hydrogen-bond donors (Lipinski definition) is 2. The summed E-state index contributed by atoms with van der Waals surface area (Å²) in [6.07, 6.45) is 4.97. The van der Waals surface area contributed by atoms with Crippen LogP contribution in [0.15, 0.2) is 16.9 Å². The number of aliphatic hydroxyl groups is 1. The van der Waals surface area contributed by atoms with E-state index in [9.17, 15) is 9.90 Å². The van der Waals surface area contributed by atoms with Gasteiger partial charge in [-0.3, -0.25) is 4.79 Å². The third kappa shape index (κ3) is 4.44. The molecule has 1 rings (SSSR count). The van der Waals surface area contributed by atoms with Crippen molar-refractivity contribution in [3.63, 3.8) is 0 Å². The second kappa shape index (κ2) is 6.27. The highest BCUT2D eigenvalue weighted by molar-refractivity contribution is 5.74. The number of carbonyl (C=O) groups is 1. The third-order valence-corrected chi connectivity index (χ3v) is 2.60. The molecule has 0 aliphatic rings. The molecule has 5 heteroatoms. The van der Waals surface area contributed by atoms with E-state index in [4.69, 9.17) is 10.2 Å². The van der Waals surface area contributed by atoms with Crippen molar-refractivity contribution in [1.82, 2.24) is 4.98 Å². The van der Waals surface area contributed by atoms with E-state index in [2.05, 4.69) is 4.98 Å². The molecule has 1 heterocycles. The first-order valence-corrected chi connectivity index (χ1v) is 5.44. The second-order valence-electron chi connectivity index (χ2n) is 4.03. The van der Waals surface area contributed by atoms with Gasteiger partial charge in [0, 0.05) is 6.42 Å². The number of carbonyl (C=O) groups excluding carboxylic acids is 1. The summed E-state index contributed by atoms with van der Waals surface area (Å²) in [5, 5.41) is 9.61. The number of aliphatic hydroxyl groups excluding tert-OH is 1. The topological polar surface area (TPSA) is 89.3 Å². The molecule has 1 amide bonds. The fourth-order valence-corrected chi connectivity index (χ4v) is 1.55. The highest BCUT2D eigenvalue weighted by Crippen LogP contribution is 2.15. The molecule has 0 spiro atoms. The molecule has 0 saturated heterocycles. The first-order chi connectivity index (χ1) is 7.59. The van der Waals surface area contributed by atoms with Crippen LogP contribution in [0.1, 0.15) is 32.1 Å². The molecule has 1 aromatic heterocycles. The fraction of sp³-hybridized carbons (Fsp3) is 0.636. The van der Waals surface area contributed by atoms with Crippen molar-refractivity contribution in [3.05, 3.63) is 18.4 Å². The first-order valence-electron chi connectivity index (χ1n) is 5.44. The van der Waals surface area contributed by atoms with Crippen LogP contribution in [-0.4, -0.2) is 22.1 Å². The third-order valence-electron chi connectivity index (χ3n) is 2.60. The molecule has 0 aromatic carbocycles. The molecule has 0 aliphatic heterocycles. The molecular weight excluding hydrogens is 208 g/mol. The van der Waals surface area contributed by atoms with Gasteiger partial charge in [0.1, 0.15) is 6.26 Å². The molecule has 0 unspecified atom stereocenters. The minimum Gasteiger partial charge on any atom is -0.449 e. The van der Waals surface area contributed by atoms with Gasteiger partial charge in [0.05, 0.1) is 18.7 Å². The molecular formula is C11H18N2O3. The average molecular weight is 226 g/mol. The smallest absolute Gasteiger partial charge is 0.220 e. The summed E-state index contributed by atoms with van der Waals surface area (Å²) in [6.45, 7) is 1.91. The zero-order chi connectivity index (χ0) is 12.0. The van der Waals surface area contributed by atoms with E-state index in [1.54, 1.807) is 12.5 Å². The average Bonchev–Trinajstić information content (AvgIpc) is 2.69. The van der Waals surface area contributed by atoms with E-state index < -0.39 is 12.0 Å². The molecule has 1 aromatic rings. The molecule has 16 heavy (non-hydrogen) atoms. The lowest BCUT2D eigenvalue weighted by atomic mass is 9.95. The highest BCUT2D eigenvalue weighted by Gasteiger charge is 2.16. The van der Waals surface area contributed by atoms with Gasteiger partial charge in [-0.15, -0.1) is 0 Å². The van der Waals surface area contributed by atoms with Crippen LogP contribution in [-0.2, 0) is 11.2 Å². The Bertz CT molecular complexity index is 311. The van der Waals surface area contributed by atoms with Gasteiger partial charge in [-0.1, -0.05) is 6.92 Å². The van der Waals surface area contributed by atoms with Crippen molar-refractivity contribution in [2.24, 2.45) is 11.7 Å². The van der Waals surface area contributed by atoms with Crippen LogP contribution in [0.3, 0.4) is 0 Å². The SMILES string of the molecule is C[C@H](CCCc1ncco1)[C@@H](O)CC(N)=O. The molecule has 5 nitrogen and oxygen atoms in total. The van der Waals surface area contributed by atoms with Crippen molar-refractivity contribution < 1.29 is 14.3 Å². The molecule has 90 valence electrons. The Morgan fingerprint density at radius 2 is 2.44 bits per heavy atom. The number of nitrogens with two attached hydrogens (primary N) is 1. The van der Waals surface area contributed by atoms with Gasteiger partial charge >= 0.3 is 0 Å². The largest absolute Gasteiger partial charge is 0.449 e. The van der Waals surface area contributed by atoms with Crippen LogP contribution in [0.2, 0.25) is 0 Å². The predicted molar refractivity (Wildman–Crippen MR) is 58.4 cm³/mol. The van der Waals surface area contributed by atoms with Crippen LogP contribution in [0, 0.1) is 5.92 Å². The maximum atomic E-state index is 10.6. The Balaban J connectivity index is 2.19. The van der Waals surface area contributed by atoms with E-state index in [-0.39, 0.29) is 12.3 Å². The number of aromatic nitrogens is 1. The monoisotopic (exact) mass is 226 g/mol. The Hall–Kier alpha value is -1.36. The van der Waals surface area contributed by atoms with Crippen molar-refractivity contribution in [2.75, 3.05) is 0 Å². The van der Waals surface area contributed by atoms with Gasteiger partial charge in [0.15, 0.2) is 5.89 Å². The zero-order valence-electron chi connectivity index (χ0n) is 9.43. The summed E-state index contributed by atoms with van der Waals surface area (Å²) < 4.78 is 5.09. The van der Waals surface area contributed by atoms with Crippen molar-refractivity contribution >= 4 is 5.91 Å². The Morgan fingerprint density at radius 3 is 3.00 bits per heavy atom. The fourth-order valence-electron chi connectivity index (χ4n) is 1.55. The second-order valence-corrected chi connectivity index (χ2v) is 4.03. The Labute approximate surface area is 94.7 Å². The number of primary amides is 1. The Morgan fingerprint density at radius 1 is 1.69 bits per heavy atom. The van der Waals surface area contributed by atoms with Crippen molar-refractivity contribution in [3.8, 4) is 0 Å². The first kappa shape index (κ1) is 12.7. The standard InChI is InChI=1S/C11H18N2O3/c1-8(9(14)7-10(12)15)3-2-4-11-13-5-6-16-11/h5-6,8-9,14H,2-4,7H2,1H3,(H2,12,15)/t8-,9+/m1/s1. The summed E-state index contributed by atoms with van der Waals surface area (Å²) in [7, 11) is 0. The summed E-state index contributed by atoms with van der Waals surface area (Å²) in [5.74, 6) is 0.297. The van der Waals surface area contributed by atoms with E-state index in [1.165, 1.54) is 0 Å². The van der Waals surface area contributed by atoms with Crippen LogP contribution in [0.5, 0.6) is 0 Å². The normalized spacial score (nSPS) is 14.6. The van der Waals surface area contributed by atoms with Gasteiger partial charge in [0.2, 0.25) is 5.91 Å². The zero-order valence-corrected chi connectivity index (χ0v) is 9.43. The summed E-state index contributed by atoms with van der Waals surface area (Å²) in [6, 6.07) is 0. The number of aryl methyl sites for hydroxylation is 1. The molecule has 0 fully saturated rings. The van der Waals surface area contributed by atoms with Crippen molar-refractivity contribution in [2.45, 2.75) is 38.7 Å². The van der Waals surface area contributed by atoms with Crippen LogP contribution in [0.25, 0.3) is 0 Å². The van der Waals surface area contributed by atoms with Gasteiger partial charge in [-0.05, 0) is 18.8 Å².